The van der Waals surface area contributed by atoms with E-state index in [-0.39, 0.29) is 0 Å². The van der Waals surface area contributed by atoms with Gasteiger partial charge in [-0.2, -0.15) is 0 Å². The van der Waals surface area contributed by atoms with E-state index in [0.29, 0.717) is 6.61 Å². The van der Waals surface area contributed by atoms with Crippen LogP contribution >= 0.6 is 0 Å². The van der Waals surface area contributed by atoms with Crippen molar-refractivity contribution in [3.05, 3.63) is 48.2 Å². The molecule has 20 heavy (non-hydrogen) atoms. The zero-order valence-corrected chi connectivity index (χ0v) is 11.5. The fourth-order valence-electron chi connectivity index (χ4n) is 2.41. The van der Waals surface area contributed by atoms with Crippen molar-refractivity contribution in [2.45, 2.75) is 19.4 Å². The SMILES string of the molecule is C[C@H](O)c1ccnc(N2CCCOc3ccccc32)c1. The summed E-state index contributed by atoms with van der Waals surface area (Å²) in [6.45, 7) is 3.33. The average Bonchev–Trinajstić information content (AvgIpc) is 2.69. The molecule has 1 atom stereocenters. The van der Waals surface area contributed by atoms with Crippen molar-refractivity contribution in [3.63, 3.8) is 0 Å². The van der Waals surface area contributed by atoms with Gasteiger partial charge >= 0.3 is 0 Å². The summed E-state index contributed by atoms with van der Waals surface area (Å²) >= 11 is 0. The summed E-state index contributed by atoms with van der Waals surface area (Å²) < 4.78 is 5.76. The van der Waals surface area contributed by atoms with Gasteiger partial charge in [-0.05, 0) is 43.2 Å². The van der Waals surface area contributed by atoms with E-state index in [1.807, 2.05) is 36.4 Å². The first kappa shape index (κ1) is 12.9. The summed E-state index contributed by atoms with van der Waals surface area (Å²) in [4.78, 5) is 6.59. The number of aliphatic hydroxyl groups excluding tert-OH is 1. The Morgan fingerprint density at radius 2 is 2.15 bits per heavy atom. The van der Waals surface area contributed by atoms with Crippen LogP contribution in [0.15, 0.2) is 42.6 Å². The van der Waals surface area contributed by atoms with Crippen LogP contribution in [0, 0.1) is 0 Å². The first-order valence-electron chi connectivity index (χ1n) is 6.89. The zero-order valence-electron chi connectivity index (χ0n) is 11.5. The lowest BCUT2D eigenvalue weighted by Gasteiger charge is -2.23. The summed E-state index contributed by atoms with van der Waals surface area (Å²) in [6, 6.07) is 11.8. The van der Waals surface area contributed by atoms with Crippen molar-refractivity contribution >= 4 is 11.5 Å². The minimum absolute atomic E-state index is 0.491. The van der Waals surface area contributed by atoms with Gasteiger partial charge in [0.2, 0.25) is 0 Å². The van der Waals surface area contributed by atoms with Gasteiger partial charge in [-0.15, -0.1) is 0 Å². The highest BCUT2D eigenvalue weighted by Gasteiger charge is 2.18. The monoisotopic (exact) mass is 270 g/mol. The van der Waals surface area contributed by atoms with E-state index in [0.717, 1.165) is 35.8 Å². The Kier molecular flexibility index (Phi) is 3.56. The summed E-state index contributed by atoms with van der Waals surface area (Å²) in [5.41, 5.74) is 1.90. The smallest absolute Gasteiger partial charge is 0.142 e. The van der Waals surface area contributed by atoms with Gasteiger partial charge in [0.05, 0.1) is 18.4 Å². The van der Waals surface area contributed by atoms with Crippen LogP contribution in [0.25, 0.3) is 0 Å². The quantitative estimate of drug-likeness (QED) is 0.911. The van der Waals surface area contributed by atoms with Crippen molar-refractivity contribution in [2.75, 3.05) is 18.1 Å². The number of aromatic nitrogens is 1. The van der Waals surface area contributed by atoms with Crippen LogP contribution in [-0.2, 0) is 0 Å². The number of pyridine rings is 1. The van der Waals surface area contributed by atoms with E-state index in [1.165, 1.54) is 0 Å². The minimum atomic E-state index is -0.491. The van der Waals surface area contributed by atoms with Gasteiger partial charge in [0, 0.05) is 12.7 Å². The molecule has 2 heterocycles. The molecule has 3 rings (SSSR count). The van der Waals surface area contributed by atoms with E-state index in [2.05, 4.69) is 9.88 Å². The third-order valence-electron chi connectivity index (χ3n) is 3.47. The number of anilines is 2. The van der Waals surface area contributed by atoms with Crippen molar-refractivity contribution in [3.8, 4) is 5.75 Å². The summed E-state index contributed by atoms with van der Waals surface area (Å²) in [5.74, 6) is 1.73. The summed E-state index contributed by atoms with van der Waals surface area (Å²) in [6.07, 6.45) is 2.19. The average molecular weight is 270 g/mol. The molecule has 0 amide bonds. The largest absolute Gasteiger partial charge is 0.491 e. The topological polar surface area (TPSA) is 45.6 Å². The highest BCUT2D eigenvalue weighted by molar-refractivity contribution is 5.67. The minimum Gasteiger partial charge on any atom is -0.491 e. The number of hydrogen-bond acceptors (Lipinski definition) is 4. The second-order valence-corrected chi connectivity index (χ2v) is 4.94. The molecule has 4 nitrogen and oxygen atoms in total. The second kappa shape index (κ2) is 5.51. The first-order valence-corrected chi connectivity index (χ1v) is 6.89. The molecule has 1 aliphatic heterocycles. The Morgan fingerprint density at radius 3 is 3.00 bits per heavy atom. The first-order chi connectivity index (χ1) is 9.75. The number of aliphatic hydroxyl groups is 1. The molecular formula is C16H18N2O2. The molecule has 1 aliphatic rings. The lowest BCUT2D eigenvalue weighted by molar-refractivity contribution is 0.199. The van der Waals surface area contributed by atoms with Gasteiger partial charge < -0.3 is 14.7 Å². The molecule has 0 radical (unpaired) electrons. The van der Waals surface area contributed by atoms with Crippen LogP contribution in [0.2, 0.25) is 0 Å². The van der Waals surface area contributed by atoms with Crippen LogP contribution in [0.3, 0.4) is 0 Å². The molecule has 2 aromatic rings. The molecule has 4 heteroatoms. The van der Waals surface area contributed by atoms with E-state index in [9.17, 15) is 5.11 Å². The number of fused-ring (bicyclic) bond motifs is 1. The summed E-state index contributed by atoms with van der Waals surface area (Å²) in [7, 11) is 0. The van der Waals surface area contributed by atoms with Crippen LogP contribution in [-0.4, -0.2) is 23.2 Å². The molecule has 0 saturated carbocycles. The molecule has 1 aromatic carbocycles. The number of ether oxygens (including phenoxy) is 1. The maximum Gasteiger partial charge on any atom is 0.142 e. The van der Waals surface area contributed by atoms with Crippen LogP contribution < -0.4 is 9.64 Å². The molecule has 1 aromatic heterocycles. The Bertz CT molecular complexity index is 599. The number of para-hydroxylation sites is 2. The van der Waals surface area contributed by atoms with Gasteiger partial charge in [0.15, 0.2) is 0 Å². The highest BCUT2D eigenvalue weighted by Crippen LogP contribution is 2.35. The predicted octanol–water partition coefficient (Wildman–Crippen LogP) is 3.06. The standard InChI is InChI=1S/C16H18N2O2/c1-12(19)13-7-8-17-16(11-13)18-9-4-10-20-15-6-3-2-5-14(15)18/h2-3,5-8,11-12,19H,4,9-10H2,1H3/t12-/m0/s1. The van der Waals surface area contributed by atoms with Crippen LogP contribution in [0.5, 0.6) is 5.75 Å². The van der Waals surface area contributed by atoms with Gasteiger partial charge in [0.1, 0.15) is 11.6 Å². The van der Waals surface area contributed by atoms with E-state index < -0.39 is 6.10 Å². The molecule has 0 unspecified atom stereocenters. The Hall–Kier alpha value is -2.07. The van der Waals surface area contributed by atoms with Gasteiger partial charge in [0.25, 0.3) is 0 Å². The lowest BCUT2D eigenvalue weighted by atomic mass is 10.1. The van der Waals surface area contributed by atoms with Crippen molar-refractivity contribution in [1.29, 1.82) is 0 Å². The third kappa shape index (κ3) is 2.47. The fourth-order valence-corrected chi connectivity index (χ4v) is 2.41. The third-order valence-corrected chi connectivity index (χ3v) is 3.47. The van der Waals surface area contributed by atoms with Gasteiger partial charge in [-0.1, -0.05) is 12.1 Å². The van der Waals surface area contributed by atoms with Crippen molar-refractivity contribution < 1.29 is 9.84 Å². The molecule has 0 bridgehead atoms. The molecular weight excluding hydrogens is 252 g/mol. The number of benzene rings is 1. The second-order valence-electron chi connectivity index (χ2n) is 4.94. The van der Waals surface area contributed by atoms with E-state index in [1.54, 1.807) is 13.1 Å². The normalized spacial score (nSPS) is 16.0. The van der Waals surface area contributed by atoms with Crippen molar-refractivity contribution in [2.24, 2.45) is 0 Å². The molecule has 0 spiro atoms. The van der Waals surface area contributed by atoms with Crippen molar-refractivity contribution in [1.82, 2.24) is 4.98 Å². The molecule has 0 saturated heterocycles. The van der Waals surface area contributed by atoms with Gasteiger partial charge in [-0.3, -0.25) is 0 Å². The predicted molar refractivity (Wildman–Crippen MR) is 78.4 cm³/mol. The Labute approximate surface area is 118 Å². The maximum absolute atomic E-state index is 9.73. The zero-order chi connectivity index (χ0) is 13.9. The fraction of sp³-hybridized carbons (Fsp3) is 0.312. The molecule has 104 valence electrons. The molecule has 0 aliphatic carbocycles. The Morgan fingerprint density at radius 1 is 1.30 bits per heavy atom. The lowest BCUT2D eigenvalue weighted by Crippen LogP contribution is -2.19. The number of hydrogen-bond donors (Lipinski definition) is 1. The van der Waals surface area contributed by atoms with Crippen LogP contribution in [0.1, 0.15) is 25.0 Å². The van der Waals surface area contributed by atoms with E-state index >= 15 is 0 Å². The number of rotatable bonds is 2. The maximum atomic E-state index is 9.73. The number of nitrogens with zero attached hydrogens (tertiary/aromatic N) is 2. The van der Waals surface area contributed by atoms with E-state index in [4.69, 9.17) is 4.74 Å². The van der Waals surface area contributed by atoms with Gasteiger partial charge in [-0.25, -0.2) is 4.98 Å². The Balaban J connectivity index is 2.03. The molecule has 0 fully saturated rings. The van der Waals surface area contributed by atoms with Crippen LogP contribution in [0.4, 0.5) is 11.5 Å². The molecule has 1 N–H and O–H groups in total. The highest BCUT2D eigenvalue weighted by atomic mass is 16.5. The summed E-state index contributed by atoms with van der Waals surface area (Å²) in [5, 5.41) is 9.73.